The number of hydrogen-bond donors (Lipinski definition) is 3. The van der Waals surface area contributed by atoms with Crippen molar-refractivity contribution in [3.05, 3.63) is 0 Å². The van der Waals surface area contributed by atoms with E-state index in [4.69, 9.17) is 0 Å². The Kier molecular flexibility index (Phi) is 6.92. The van der Waals surface area contributed by atoms with Crippen LogP contribution in [0.3, 0.4) is 0 Å². The molecule has 0 saturated heterocycles. The van der Waals surface area contributed by atoms with Gasteiger partial charge in [-0.2, -0.15) is 0 Å². The van der Waals surface area contributed by atoms with E-state index in [2.05, 4.69) is 16.0 Å². The number of likely N-dealkylation sites (N-methyl/N-ethyl adjacent to an activating group) is 1. The van der Waals surface area contributed by atoms with Crippen molar-refractivity contribution in [2.75, 3.05) is 13.6 Å². The van der Waals surface area contributed by atoms with Crippen molar-refractivity contribution < 1.29 is 9.59 Å². The van der Waals surface area contributed by atoms with Gasteiger partial charge in [0.25, 0.3) is 0 Å². The van der Waals surface area contributed by atoms with Crippen molar-refractivity contribution in [3.8, 4) is 0 Å². The minimum atomic E-state index is -0.428. The number of carbonyl (C=O) groups is 2. The first-order chi connectivity index (χ1) is 7.38. The second-order valence-electron chi connectivity index (χ2n) is 4.25. The van der Waals surface area contributed by atoms with E-state index in [9.17, 15) is 9.59 Å². The number of Topliss-reactive ketones (excluding diaryl/α,β-unsaturated/α-hetero) is 1. The molecule has 1 amide bonds. The van der Waals surface area contributed by atoms with Crippen LogP contribution < -0.4 is 16.0 Å². The molecular weight excluding hydrogens is 206 g/mol. The Bertz CT molecular complexity index is 241. The standard InChI is InChI=1S/C11H23N3O2/c1-7(2)13-6-10(12-5)11(16)14-8(3)9(4)15/h7-8,10,12-13H,6H2,1-5H3,(H,14,16). The fourth-order valence-electron chi connectivity index (χ4n) is 1.10. The third-order valence-corrected chi connectivity index (χ3v) is 2.36. The summed E-state index contributed by atoms with van der Waals surface area (Å²) in [6.45, 7) is 7.73. The fourth-order valence-corrected chi connectivity index (χ4v) is 1.10. The van der Waals surface area contributed by atoms with Gasteiger partial charge in [-0.05, 0) is 20.9 Å². The van der Waals surface area contributed by atoms with Gasteiger partial charge in [-0.1, -0.05) is 13.8 Å². The van der Waals surface area contributed by atoms with Gasteiger partial charge in [0.15, 0.2) is 5.78 Å². The molecule has 0 aliphatic rings. The van der Waals surface area contributed by atoms with Crippen molar-refractivity contribution in [1.82, 2.24) is 16.0 Å². The van der Waals surface area contributed by atoms with E-state index in [-0.39, 0.29) is 17.7 Å². The summed E-state index contributed by atoms with van der Waals surface area (Å²) in [4.78, 5) is 22.7. The summed E-state index contributed by atoms with van der Waals surface area (Å²) < 4.78 is 0. The van der Waals surface area contributed by atoms with Crippen LogP contribution in [0.1, 0.15) is 27.7 Å². The molecule has 0 bridgehead atoms. The molecule has 16 heavy (non-hydrogen) atoms. The first-order valence-electron chi connectivity index (χ1n) is 5.60. The van der Waals surface area contributed by atoms with Gasteiger partial charge in [0.2, 0.25) is 5.91 Å². The predicted molar refractivity (Wildman–Crippen MR) is 64.3 cm³/mol. The average molecular weight is 229 g/mol. The van der Waals surface area contributed by atoms with Gasteiger partial charge in [0.05, 0.1) is 12.1 Å². The molecule has 0 rings (SSSR count). The molecule has 0 aliphatic carbocycles. The van der Waals surface area contributed by atoms with Crippen molar-refractivity contribution in [1.29, 1.82) is 0 Å². The second kappa shape index (κ2) is 7.35. The quantitative estimate of drug-likeness (QED) is 0.559. The third kappa shape index (κ3) is 5.82. The normalized spacial score (nSPS) is 14.6. The molecule has 0 radical (unpaired) electrons. The van der Waals surface area contributed by atoms with Crippen LogP contribution in [0.15, 0.2) is 0 Å². The Hall–Kier alpha value is -0.940. The zero-order valence-corrected chi connectivity index (χ0v) is 10.8. The maximum atomic E-state index is 11.7. The van der Waals surface area contributed by atoms with Crippen LogP contribution in [0.2, 0.25) is 0 Å². The smallest absolute Gasteiger partial charge is 0.239 e. The Morgan fingerprint density at radius 3 is 2.12 bits per heavy atom. The van der Waals surface area contributed by atoms with Crippen LogP contribution in [0.4, 0.5) is 0 Å². The van der Waals surface area contributed by atoms with E-state index in [1.54, 1.807) is 14.0 Å². The molecule has 2 atom stereocenters. The van der Waals surface area contributed by atoms with Crippen LogP contribution in [0, 0.1) is 0 Å². The Labute approximate surface area is 97.4 Å². The minimum absolute atomic E-state index is 0.0416. The Morgan fingerprint density at radius 2 is 1.75 bits per heavy atom. The molecule has 2 unspecified atom stereocenters. The number of amides is 1. The van der Waals surface area contributed by atoms with Crippen molar-refractivity contribution in [2.24, 2.45) is 0 Å². The second-order valence-corrected chi connectivity index (χ2v) is 4.25. The van der Waals surface area contributed by atoms with E-state index >= 15 is 0 Å². The lowest BCUT2D eigenvalue weighted by atomic mass is 10.2. The largest absolute Gasteiger partial charge is 0.345 e. The molecule has 0 heterocycles. The lowest BCUT2D eigenvalue weighted by Gasteiger charge is -2.20. The summed E-state index contributed by atoms with van der Waals surface area (Å²) in [6.07, 6.45) is 0. The van der Waals surface area contributed by atoms with E-state index in [0.29, 0.717) is 12.6 Å². The maximum Gasteiger partial charge on any atom is 0.239 e. The molecule has 5 nitrogen and oxygen atoms in total. The minimum Gasteiger partial charge on any atom is -0.345 e. The monoisotopic (exact) mass is 229 g/mol. The maximum absolute atomic E-state index is 11.7. The third-order valence-electron chi connectivity index (χ3n) is 2.36. The Morgan fingerprint density at radius 1 is 1.19 bits per heavy atom. The summed E-state index contributed by atoms with van der Waals surface area (Å²) in [6, 6.07) is -0.416. The molecule has 94 valence electrons. The molecule has 0 aromatic heterocycles. The van der Waals surface area contributed by atoms with Gasteiger partial charge in [0, 0.05) is 12.6 Å². The molecule has 0 aromatic carbocycles. The summed E-state index contributed by atoms with van der Waals surface area (Å²) >= 11 is 0. The molecular formula is C11H23N3O2. The zero-order chi connectivity index (χ0) is 12.7. The average Bonchev–Trinajstić information content (AvgIpc) is 2.17. The summed E-state index contributed by atoms with van der Waals surface area (Å²) in [7, 11) is 1.73. The summed E-state index contributed by atoms with van der Waals surface area (Å²) in [5.41, 5.74) is 0. The van der Waals surface area contributed by atoms with Gasteiger partial charge < -0.3 is 16.0 Å². The van der Waals surface area contributed by atoms with Gasteiger partial charge in [0.1, 0.15) is 0 Å². The first-order valence-corrected chi connectivity index (χ1v) is 5.60. The highest BCUT2D eigenvalue weighted by molar-refractivity contribution is 5.89. The molecule has 0 saturated carbocycles. The number of carbonyl (C=O) groups excluding carboxylic acids is 2. The van der Waals surface area contributed by atoms with Gasteiger partial charge in [-0.25, -0.2) is 0 Å². The van der Waals surface area contributed by atoms with E-state index in [1.165, 1.54) is 6.92 Å². The summed E-state index contributed by atoms with van der Waals surface area (Å²) in [5, 5.41) is 8.75. The highest BCUT2D eigenvalue weighted by atomic mass is 16.2. The highest BCUT2D eigenvalue weighted by Gasteiger charge is 2.19. The van der Waals surface area contributed by atoms with Crippen LogP contribution in [-0.2, 0) is 9.59 Å². The predicted octanol–water partition coefficient (Wildman–Crippen LogP) is -0.334. The lowest BCUT2D eigenvalue weighted by molar-refractivity contribution is -0.127. The number of nitrogens with one attached hydrogen (secondary N) is 3. The number of ketones is 1. The molecule has 0 aromatic rings. The number of hydrogen-bond acceptors (Lipinski definition) is 4. The molecule has 3 N–H and O–H groups in total. The lowest BCUT2D eigenvalue weighted by Crippen LogP contribution is -2.52. The van der Waals surface area contributed by atoms with Crippen LogP contribution in [0.5, 0.6) is 0 Å². The van der Waals surface area contributed by atoms with Crippen molar-refractivity contribution in [3.63, 3.8) is 0 Å². The van der Waals surface area contributed by atoms with Crippen LogP contribution in [-0.4, -0.2) is 43.4 Å². The highest BCUT2D eigenvalue weighted by Crippen LogP contribution is 1.89. The topological polar surface area (TPSA) is 70.2 Å². The van der Waals surface area contributed by atoms with E-state index in [0.717, 1.165) is 0 Å². The molecule has 0 spiro atoms. The van der Waals surface area contributed by atoms with E-state index in [1.807, 2.05) is 13.8 Å². The zero-order valence-electron chi connectivity index (χ0n) is 10.8. The molecule has 5 heteroatoms. The van der Waals surface area contributed by atoms with Crippen molar-refractivity contribution >= 4 is 11.7 Å². The van der Waals surface area contributed by atoms with Crippen molar-refractivity contribution in [2.45, 2.75) is 45.8 Å². The Balaban J connectivity index is 4.15. The number of rotatable bonds is 7. The van der Waals surface area contributed by atoms with Crippen LogP contribution in [0.25, 0.3) is 0 Å². The van der Waals surface area contributed by atoms with Gasteiger partial charge in [-0.3, -0.25) is 9.59 Å². The summed E-state index contributed by atoms with van der Waals surface area (Å²) in [5.74, 6) is -0.196. The van der Waals surface area contributed by atoms with Crippen LogP contribution >= 0.6 is 0 Å². The molecule has 0 aliphatic heterocycles. The molecule has 0 fully saturated rings. The fraction of sp³-hybridized carbons (Fsp3) is 0.818. The SMILES string of the molecule is CNC(CNC(C)C)C(=O)NC(C)C(C)=O. The van der Waals surface area contributed by atoms with Gasteiger partial charge >= 0.3 is 0 Å². The van der Waals surface area contributed by atoms with Gasteiger partial charge in [-0.15, -0.1) is 0 Å². The van der Waals surface area contributed by atoms with E-state index < -0.39 is 6.04 Å². The first kappa shape index (κ1) is 15.1.